The number of carbonyl (C=O) groups excluding carboxylic acids is 2. The van der Waals surface area contributed by atoms with Gasteiger partial charge in [0, 0.05) is 28.5 Å². The number of aryl methyl sites for hydroxylation is 1. The minimum atomic E-state index is -0.271. The molecule has 0 saturated heterocycles. The summed E-state index contributed by atoms with van der Waals surface area (Å²) < 4.78 is 6.53. The largest absolute Gasteiger partial charge is 0.483 e. The van der Waals surface area contributed by atoms with E-state index >= 15 is 0 Å². The number of benzene rings is 3. The maximum atomic E-state index is 12.6. The number of amides is 2. The first kappa shape index (κ1) is 20.6. The molecule has 0 aliphatic heterocycles. The van der Waals surface area contributed by atoms with Gasteiger partial charge in [-0.1, -0.05) is 34.1 Å². The van der Waals surface area contributed by atoms with Crippen LogP contribution in [0.3, 0.4) is 0 Å². The number of ether oxygens (including phenoxy) is 1. The van der Waals surface area contributed by atoms with Crippen LogP contribution in [0.2, 0.25) is 0 Å². The molecule has 0 aromatic heterocycles. The molecule has 29 heavy (non-hydrogen) atoms. The first-order chi connectivity index (χ1) is 13.9. The molecule has 0 fully saturated rings. The van der Waals surface area contributed by atoms with Gasteiger partial charge in [-0.25, -0.2) is 0 Å². The molecule has 0 bridgehead atoms. The highest BCUT2D eigenvalue weighted by Crippen LogP contribution is 2.22. The zero-order chi connectivity index (χ0) is 20.8. The Balaban J connectivity index is 1.57. The SMILES string of the molecule is Cc1cc(Br)ccc1OCC(=O)Nc1ccc(C(=O)N(C)c2ccccc2)cc1. The maximum absolute atomic E-state index is 12.6. The van der Waals surface area contributed by atoms with Crippen molar-refractivity contribution in [3.8, 4) is 5.75 Å². The van der Waals surface area contributed by atoms with E-state index in [1.54, 1.807) is 36.2 Å². The van der Waals surface area contributed by atoms with Gasteiger partial charge in [0.2, 0.25) is 0 Å². The fourth-order valence-corrected chi connectivity index (χ4v) is 3.25. The summed E-state index contributed by atoms with van der Waals surface area (Å²) in [6.45, 7) is 1.82. The molecule has 5 nitrogen and oxygen atoms in total. The predicted molar refractivity (Wildman–Crippen MR) is 119 cm³/mol. The molecule has 0 unspecified atom stereocenters. The van der Waals surface area contributed by atoms with E-state index in [1.807, 2.05) is 55.5 Å². The standard InChI is InChI=1S/C23H21BrN2O3/c1-16-14-18(24)10-13-21(16)29-15-22(27)25-19-11-8-17(9-12-19)23(28)26(2)20-6-4-3-5-7-20/h3-14H,15H2,1-2H3,(H,25,27). The Bertz CT molecular complexity index is 1000. The summed E-state index contributed by atoms with van der Waals surface area (Å²) in [6.07, 6.45) is 0. The van der Waals surface area contributed by atoms with Crippen molar-refractivity contribution >= 4 is 39.1 Å². The number of para-hydroxylation sites is 1. The summed E-state index contributed by atoms with van der Waals surface area (Å²) in [5.74, 6) is 0.268. The van der Waals surface area contributed by atoms with Crippen LogP contribution in [0, 0.1) is 6.92 Å². The summed E-state index contributed by atoms with van der Waals surface area (Å²) >= 11 is 3.40. The van der Waals surface area contributed by atoms with E-state index in [-0.39, 0.29) is 18.4 Å². The quantitative estimate of drug-likeness (QED) is 0.568. The van der Waals surface area contributed by atoms with Crippen molar-refractivity contribution in [2.45, 2.75) is 6.92 Å². The number of hydrogen-bond acceptors (Lipinski definition) is 3. The first-order valence-electron chi connectivity index (χ1n) is 9.06. The zero-order valence-corrected chi connectivity index (χ0v) is 17.8. The molecule has 0 heterocycles. The normalized spacial score (nSPS) is 10.3. The molecular weight excluding hydrogens is 432 g/mol. The smallest absolute Gasteiger partial charge is 0.262 e. The second-order valence-corrected chi connectivity index (χ2v) is 7.44. The van der Waals surface area contributed by atoms with Crippen molar-refractivity contribution < 1.29 is 14.3 Å². The van der Waals surface area contributed by atoms with Crippen LogP contribution in [0.25, 0.3) is 0 Å². The molecule has 1 N–H and O–H groups in total. The van der Waals surface area contributed by atoms with E-state index in [0.717, 1.165) is 15.7 Å². The molecule has 3 aromatic rings. The lowest BCUT2D eigenvalue weighted by atomic mass is 10.1. The lowest BCUT2D eigenvalue weighted by Crippen LogP contribution is -2.26. The molecule has 0 spiro atoms. The van der Waals surface area contributed by atoms with Crippen LogP contribution in [0.5, 0.6) is 5.75 Å². The molecule has 2 amide bonds. The van der Waals surface area contributed by atoms with Crippen LogP contribution >= 0.6 is 15.9 Å². The van der Waals surface area contributed by atoms with Gasteiger partial charge in [-0.2, -0.15) is 0 Å². The van der Waals surface area contributed by atoms with Crippen LogP contribution in [0.15, 0.2) is 77.3 Å². The van der Waals surface area contributed by atoms with E-state index in [9.17, 15) is 9.59 Å². The minimum Gasteiger partial charge on any atom is -0.483 e. The number of anilines is 2. The van der Waals surface area contributed by atoms with Crippen LogP contribution in [0.4, 0.5) is 11.4 Å². The summed E-state index contributed by atoms with van der Waals surface area (Å²) in [7, 11) is 1.73. The third kappa shape index (κ3) is 5.45. The van der Waals surface area contributed by atoms with E-state index < -0.39 is 0 Å². The molecule has 0 atom stereocenters. The highest BCUT2D eigenvalue weighted by Gasteiger charge is 2.13. The molecular formula is C23H21BrN2O3. The van der Waals surface area contributed by atoms with Gasteiger partial charge in [0.1, 0.15) is 5.75 Å². The highest BCUT2D eigenvalue weighted by molar-refractivity contribution is 9.10. The Morgan fingerprint density at radius 3 is 2.34 bits per heavy atom. The van der Waals surface area contributed by atoms with Gasteiger partial charge < -0.3 is 15.0 Å². The molecule has 6 heteroatoms. The Hall–Kier alpha value is -3.12. The van der Waals surface area contributed by atoms with E-state index in [1.165, 1.54) is 0 Å². The fourth-order valence-electron chi connectivity index (χ4n) is 2.77. The monoisotopic (exact) mass is 452 g/mol. The van der Waals surface area contributed by atoms with Gasteiger partial charge >= 0.3 is 0 Å². The fraction of sp³-hybridized carbons (Fsp3) is 0.130. The maximum Gasteiger partial charge on any atom is 0.262 e. The molecule has 0 aliphatic rings. The third-order valence-corrected chi connectivity index (χ3v) is 4.85. The van der Waals surface area contributed by atoms with Gasteiger partial charge in [0.05, 0.1) is 0 Å². The Kier molecular flexibility index (Phi) is 6.67. The summed E-state index contributed by atoms with van der Waals surface area (Å²) in [5.41, 5.74) is 2.90. The van der Waals surface area contributed by atoms with Crippen LogP contribution in [-0.2, 0) is 4.79 Å². The summed E-state index contributed by atoms with van der Waals surface area (Å²) in [6, 6.07) is 21.8. The van der Waals surface area contributed by atoms with Crippen molar-refractivity contribution in [1.82, 2.24) is 0 Å². The summed E-state index contributed by atoms with van der Waals surface area (Å²) in [5, 5.41) is 2.77. The Morgan fingerprint density at radius 2 is 1.69 bits per heavy atom. The number of carbonyl (C=O) groups is 2. The molecule has 3 rings (SSSR count). The molecule has 0 aliphatic carbocycles. The van der Waals surface area contributed by atoms with Crippen molar-refractivity contribution in [3.63, 3.8) is 0 Å². The second-order valence-electron chi connectivity index (χ2n) is 6.52. The van der Waals surface area contributed by atoms with Gasteiger partial charge in [-0.15, -0.1) is 0 Å². The van der Waals surface area contributed by atoms with E-state index in [4.69, 9.17) is 4.74 Å². The average molecular weight is 453 g/mol. The van der Waals surface area contributed by atoms with Gasteiger partial charge in [-0.3, -0.25) is 9.59 Å². The predicted octanol–water partition coefficient (Wildman–Crippen LogP) is 5.05. The number of rotatable bonds is 6. The first-order valence-corrected chi connectivity index (χ1v) is 9.85. The highest BCUT2D eigenvalue weighted by atomic mass is 79.9. The van der Waals surface area contributed by atoms with Crippen molar-refractivity contribution in [2.24, 2.45) is 0 Å². The number of halogens is 1. The lowest BCUT2D eigenvalue weighted by Gasteiger charge is -2.17. The molecule has 3 aromatic carbocycles. The topological polar surface area (TPSA) is 58.6 Å². The lowest BCUT2D eigenvalue weighted by molar-refractivity contribution is -0.118. The van der Waals surface area contributed by atoms with Gasteiger partial charge in [0.25, 0.3) is 11.8 Å². The number of nitrogens with zero attached hydrogens (tertiary/aromatic N) is 1. The average Bonchev–Trinajstić information content (AvgIpc) is 2.73. The van der Waals surface area contributed by atoms with Crippen molar-refractivity contribution in [1.29, 1.82) is 0 Å². The molecule has 0 saturated carbocycles. The van der Waals surface area contributed by atoms with E-state index in [0.29, 0.717) is 17.0 Å². The molecule has 148 valence electrons. The van der Waals surface area contributed by atoms with Gasteiger partial charge in [-0.05, 0) is 67.1 Å². The summed E-state index contributed by atoms with van der Waals surface area (Å²) in [4.78, 5) is 26.3. The molecule has 0 radical (unpaired) electrons. The number of hydrogen-bond donors (Lipinski definition) is 1. The van der Waals surface area contributed by atoms with Gasteiger partial charge in [0.15, 0.2) is 6.61 Å². The van der Waals surface area contributed by atoms with Crippen molar-refractivity contribution in [3.05, 3.63) is 88.4 Å². The van der Waals surface area contributed by atoms with Crippen LogP contribution in [-0.4, -0.2) is 25.5 Å². The Morgan fingerprint density at radius 1 is 1.00 bits per heavy atom. The van der Waals surface area contributed by atoms with Crippen LogP contribution < -0.4 is 15.0 Å². The minimum absolute atomic E-state index is 0.0973. The number of nitrogens with one attached hydrogen (secondary N) is 1. The zero-order valence-electron chi connectivity index (χ0n) is 16.2. The Labute approximate surface area is 178 Å². The second kappa shape index (κ2) is 9.39. The van der Waals surface area contributed by atoms with Crippen molar-refractivity contribution in [2.75, 3.05) is 23.9 Å². The van der Waals surface area contributed by atoms with Crippen LogP contribution in [0.1, 0.15) is 15.9 Å². The van der Waals surface area contributed by atoms with E-state index in [2.05, 4.69) is 21.2 Å². The third-order valence-electron chi connectivity index (χ3n) is 4.36.